The van der Waals surface area contributed by atoms with Crippen molar-refractivity contribution < 1.29 is 33.3 Å². The Morgan fingerprint density at radius 2 is 2.00 bits per heavy atom. The molecule has 7 nitrogen and oxygen atoms in total. The van der Waals surface area contributed by atoms with Gasteiger partial charge in [0.15, 0.2) is 17.3 Å². The molecule has 0 saturated carbocycles. The van der Waals surface area contributed by atoms with Gasteiger partial charge in [-0.15, -0.1) is 0 Å². The summed E-state index contributed by atoms with van der Waals surface area (Å²) in [4.78, 5) is 25.1. The molecule has 3 aromatic rings. The summed E-state index contributed by atoms with van der Waals surface area (Å²) in [6.07, 6.45) is 3.08. The number of ketones is 1. The third kappa shape index (κ3) is 2.83. The number of rotatable bonds is 3. The number of methoxy groups -OCH3 is 1. The molecule has 0 saturated heterocycles. The Labute approximate surface area is 171 Å². The molecule has 5 rings (SSSR count). The van der Waals surface area contributed by atoms with Crippen LogP contribution in [0, 0.1) is 0 Å². The van der Waals surface area contributed by atoms with Crippen LogP contribution in [0.4, 0.5) is 0 Å². The van der Waals surface area contributed by atoms with Gasteiger partial charge in [-0.05, 0) is 42.0 Å². The van der Waals surface area contributed by atoms with E-state index in [2.05, 4.69) is 0 Å². The molecule has 0 aliphatic carbocycles. The van der Waals surface area contributed by atoms with Crippen molar-refractivity contribution in [3.63, 3.8) is 0 Å². The summed E-state index contributed by atoms with van der Waals surface area (Å²) < 4.78 is 21.7. The van der Waals surface area contributed by atoms with Gasteiger partial charge in [0, 0.05) is 17.6 Å². The first-order valence-corrected chi connectivity index (χ1v) is 9.27. The maximum atomic E-state index is 12.9. The molecular formula is C23H16O7. The number of esters is 1. The van der Waals surface area contributed by atoms with Crippen LogP contribution in [0.15, 0.2) is 58.9 Å². The van der Waals surface area contributed by atoms with Crippen molar-refractivity contribution in [2.75, 3.05) is 7.11 Å². The molecular weight excluding hydrogens is 388 g/mol. The highest BCUT2D eigenvalue weighted by Gasteiger charge is 2.38. The van der Waals surface area contributed by atoms with Crippen LogP contribution in [0.5, 0.6) is 23.0 Å². The third-order valence-electron chi connectivity index (χ3n) is 5.20. The van der Waals surface area contributed by atoms with Crippen LogP contribution in [0.1, 0.15) is 39.6 Å². The van der Waals surface area contributed by atoms with E-state index in [1.54, 1.807) is 42.5 Å². The molecule has 150 valence electrons. The molecule has 2 aliphatic heterocycles. The predicted molar refractivity (Wildman–Crippen MR) is 105 cm³/mol. The SMILES string of the molecule is COc1ccc(C2CC(=O)Oc3ccc4c(c32)OC(=Cc2ccco2)C4=O)cc1O. The normalized spacial score (nSPS) is 18.6. The second kappa shape index (κ2) is 6.81. The van der Waals surface area contributed by atoms with Crippen LogP contribution in [0.2, 0.25) is 0 Å². The second-order valence-corrected chi connectivity index (χ2v) is 6.97. The number of hydrogen-bond donors (Lipinski definition) is 1. The Kier molecular flexibility index (Phi) is 4.10. The molecule has 1 N–H and O–H groups in total. The molecule has 7 heteroatoms. The maximum Gasteiger partial charge on any atom is 0.312 e. The average molecular weight is 404 g/mol. The van der Waals surface area contributed by atoms with E-state index in [1.807, 2.05) is 0 Å². The van der Waals surface area contributed by atoms with Crippen molar-refractivity contribution in [2.45, 2.75) is 12.3 Å². The number of Topliss-reactive ketones (excluding diaryl/α,β-unsaturated/α-hetero) is 1. The summed E-state index contributed by atoms with van der Waals surface area (Å²) in [5.74, 6) is 0.439. The van der Waals surface area contributed by atoms with E-state index in [4.69, 9.17) is 18.6 Å². The maximum absolute atomic E-state index is 12.9. The standard InChI is InChI=1S/C23H16O7/c1-27-17-6-4-12(9-16(17)24)15-11-20(25)29-18-7-5-14-22(26)19(30-23(14)21(15)18)10-13-3-2-8-28-13/h2-10,15,24H,11H2,1H3. The average Bonchev–Trinajstić information content (AvgIpc) is 3.35. The number of allylic oxidation sites excluding steroid dienone is 1. The summed E-state index contributed by atoms with van der Waals surface area (Å²) in [7, 11) is 1.46. The van der Waals surface area contributed by atoms with Gasteiger partial charge in [-0.3, -0.25) is 9.59 Å². The number of benzene rings is 2. The fourth-order valence-corrected chi connectivity index (χ4v) is 3.82. The molecule has 0 fully saturated rings. The van der Waals surface area contributed by atoms with Gasteiger partial charge in [0.05, 0.1) is 25.4 Å². The summed E-state index contributed by atoms with van der Waals surface area (Å²) in [5, 5.41) is 10.2. The Balaban J connectivity index is 1.63. The van der Waals surface area contributed by atoms with Crippen molar-refractivity contribution in [3.05, 3.63) is 76.9 Å². The Morgan fingerprint density at radius 3 is 2.73 bits per heavy atom. The van der Waals surface area contributed by atoms with E-state index in [-0.39, 0.29) is 23.7 Å². The van der Waals surface area contributed by atoms with Crippen molar-refractivity contribution >= 4 is 17.8 Å². The fourth-order valence-electron chi connectivity index (χ4n) is 3.82. The molecule has 1 unspecified atom stereocenters. The van der Waals surface area contributed by atoms with Gasteiger partial charge in [0.25, 0.3) is 0 Å². The first kappa shape index (κ1) is 18.1. The highest BCUT2D eigenvalue weighted by molar-refractivity contribution is 6.15. The van der Waals surface area contributed by atoms with Crippen LogP contribution in [-0.2, 0) is 4.79 Å². The van der Waals surface area contributed by atoms with Gasteiger partial charge in [0.1, 0.15) is 17.3 Å². The van der Waals surface area contributed by atoms with Crippen molar-refractivity contribution in [3.8, 4) is 23.0 Å². The zero-order valence-electron chi connectivity index (χ0n) is 15.9. The molecule has 3 heterocycles. The van der Waals surface area contributed by atoms with Gasteiger partial charge in [-0.25, -0.2) is 0 Å². The largest absolute Gasteiger partial charge is 0.504 e. The lowest BCUT2D eigenvalue weighted by Crippen LogP contribution is -2.21. The Bertz CT molecular complexity index is 1200. The van der Waals surface area contributed by atoms with Gasteiger partial charge < -0.3 is 23.7 Å². The summed E-state index contributed by atoms with van der Waals surface area (Å²) in [6, 6.07) is 11.5. The lowest BCUT2D eigenvalue weighted by molar-refractivity contribution is -0.135. The number of aromatic hydroxyl groups is 1. The number of phenols is 1. The highest BCUT2D eigenvalue weighted by atomic mass is 16.5. The van der Waals surface area contributed by atoms with Crippen LogP contribution < -0.4 is 14.2 Å². The predicted octanol–water partition coefficient (Wildman–Crippen LogP) is 4.05. The van der Waals surface area contributed by atoms with Crippen LogP contribution in [-0.4, -0.2) is 24.0 Å². The molecule has 2 aromatic carbocycles. The number of phenolic OH excluding ortho intramolecular Hbond substituents is 1. The molecule has 30 heavy (non-hydrogen) atoms. The third-order valence-corrected chi connectivity index (χ3v) is 5.20. The van der Waals surface area contributed by atoms with Crippen molar-refractivity contribution in [1.29, 1.82) is 0 Å². The van der Waals surface area contributed by atoms with Crippen LogP contribution >= 0.6 is 0 Å². The summed E-state index contributed by atoms with van der Waals surface area (Å²) >= 11 is 0. The molecule has 1 aromatic heterocycles. The van der Waals surface area contributed by atoms with Gasteiger partial charge in [0.2, 0.25) is 5.78 Å². The van der Waals surface area contributed by atoms with Crippen molar-refractivity contribution in [1.82, 2.24) is 0 Å². The minimum Gasteiger partial charge on any atom is -0.504 e. The molecule has 0 amide bonds. The summed E-state index contributed by atoms with van der Waals surface area (Å²) in [5.41, 5.74) is 1.65. The smallest absolute Gasteiger partial charge is 0.312 e. The first-order valence-electron chi connectivity index (χ1n) is 9.27. The van der Waals surface area contributed by atoms with E-state index < -0.39 is 11.9 Å². The fraction of sp³-hybridized carbons (Fsp3) is 0.130. The highest BCUT2D eigenvalue weighted by Crippen LogP contribution is 2.49. The van der Waals surface area contributed by atoms with E-state index >= 15 is 0 Å². The lowest BCUT2D eigenvalue weighted by Gasteiger charge is -2.26. The van der Waals surface area contributed by atoms with E-state index in [0.717, 1.165) is 0 Å². The molecule has 2 aliphatic rings. The van der Waals surface area contributed by atoms with Gasteiger partial charge >= 0.3 is 5.97 Å². The van der Waals surface area contributed by atoms with Crippen LogP contribution in [0.3, 0.4) is 0 Å². The number of carbonyl (C=O) groups is 2. The topological polar surface area (TPSA) is 95.2 Å². The van der Waals surface area contributed by atoms with Crippen LogP contribution in [0.25, 0.3) is 6.08 Å². The number of ether oxygens (including phenoxy) is 3. The number of carbonyl (C=O) groups excluding carboxylic acids is 2. The quantitative estimate of drug-likeness (QED) is 0.400. The van der Waals surface area contributed by atoms with E-state index in [1.165, 1.54) is 19.4 Å². The lowest BCUT2D eigenvalue weighted by atomic mass is 9.84. The monoisotopic (exact) mass is 404 g/mol. The first-order chi connectivity index (χ1) is 14.5. The minimum absolute atomic E-state index is 0.0431. The zero-order valence-corrected chi connectivity index (χ0v) is 15.9. The molecule has 0 radical (unpaired) electrons. The number of furan rings is 1. The van der Waals surface area contributed by atoms with E-state index in [0.29, 0.717) is 39.7 Å². The summed E-state index contributed by atoms with van der Waals surface area (Å²) in [6.45, 7) is 0. The van der Waals surface area contributed by atoms with Gasteiger partial charge in [-0.1, -0.05) is 6.07 Å². The second-order valence-electron chi connectivity index (χ2n) is 6.97. The minimum atomic E-state index is -0.455. The van der Waals surface area contributed by atoms with Crippen molar-refractivity contribution in [2.24, 2.45) is 0 Å². The molecule has 1 atom stereocenters. The number of hydrogen-bond acceptors (Lipinski definition) is 7. The van der Waals surface area contributed by atoms with E-state index in [9.17, 15) is 14.7 Å². The Morgan fingerprint density at radius 1 is 1.13 bits per heavy atom. The zero-order chi connectivity index (χ0) is 20.8. The molecule has 0 bridgehead atoms. The van der Waals surface area contributed by atoms with Gasteiger partial charge in [-0.2, -0.15) is 0 Å². The number of fused-ring (bicyclic) bond motifs is 3. The molecule has 0 spiro atoms. The Hall–Kier alpha value is -4.00.